The Bertz CT molecular complexity index is 1440. The van der Waals surface area contributed by atoms with Gasteiger partial charge in [-0.3, -0.25) is 9.89 Å². The number of nitrogens with one attached hydrogen (secondary N) is 4. The van der Waals surface area contributed by atoms with Gasteiger partial charge in [-0.1, -0.05) is 13.3 Å². The van der Waals surface area contributed by atoms with Crippen LogP contribution in [-0.4, -0.2) is 90.0 Å². The van der Waals surface area contributed by atoms with Crippen LogP contribution >= 0.6 is 0 Å². The van der Waals surface area contributed by atoms with Gasteiger partial charge in [0.05, 0.1) is 23.2 Å². The van der Waals surface area contributed by atoms with Gasteiger partial charge >= 0.3 is 6.09 Å². The maximum absolute atomic E-state index is 12.8. The van der Waals surface area contributed by atoms with Crippen molar-refractivity contribution in [1.82, 2.24) is 35.7 Å². The summed E-state index contributed by atoms with van der Waals surface area (Å²) in [7, 11) is 2.15. The fraction of sp³-hybridized carbons (Fsp3) is 0.429. The van der Waals surface area contributed by atoms with Crippen LogP contribution < -0.4 is 15.5 Å². The zero-order valence-corrected chi connectivity index (χ0v) is 22.5. The van der Waals surface area contributed by atoms with E-state index in [0.717, 1.165) is 61.0 Å². The Labute approximate surface area is 227 Å². The summed E-state index contributed by atoms with van der Waals surface area (Å²) in [5.41, 5.74) is 5.03. The fourth-order valence-corrected chi connectivity index (χ4v) is 4.65. The summed E-state index contributed by atoms with van der Waals surface area (Å²) in [4.78, 5) is 37.3. The topological polar surface area (TPSA) is 131 Å². The van der Waals surface area contributed by atoms with Crippen LogP contribution in [0.1, 0.15) is 36.5 Å². The van der Waals surface area contributed by atoms with Crippen LogP contribution in [0.2, 0.25) is 0 Å². The number of benzene rings is 2. The molecule has 11 nitrogen and oxygen atoms in total. The minimum absolute atomic E-state index is 0.184. The lowest BCUT2D eigenvalue weighted by molar-refractivity contribution is 0.0953. The van der Waals surface area contributed by atoms with Gasteiger partial charge in [0.1, 0.15) is 5.69 Å². The highest BCUT2D eigenvalue weighted by molar-refractivity contribution is 6.01. The predicted octanol–water partition coefficient (Wildman–Crippen LogP) is 3.50. The minimum Gasteiger partial charge on any atom is -0.450 e. The van der Waals surface area contributed by atoms with Gasteiger partial charge in [-0.25, -0.2) is 9.78 Å². The molecule has 2 amide bonds. The second-order valence-corrected chi connectivity index (χ2v) is 9.94. The van der Waals surface area contributed by atoms with Gasteiger partial charge in [0.15, 0.2) is 5.82 Å². The van der Waals surface area contributed by atoms with Crippen molar-refractivity contribution >= 4 is 39.6 Å². The second-order valence-electron chi connectivity index (χ2n) is 9.94. The number of hydrogen-bond acceptors (Lipinski definition) is 7. The van der Waals surface area contributed by atoms with Crippen molar-refractivity contribution in [2.45, 2.75) is 26.2 Å². The van der Waals surface area contributed by atoms with Gasteiger partial charge in [-0.05, 0) is 56.3 Å². The standard InChI is InChI=1S/C28H36N8O3/c1-3-4-16-39-28(38)30-11-5-10-29-27(37)19-6-8-22-21(17-19)25(34-33-22)26-31-23-9-7-20(18-24(23)32-26)36-14-12-35(2)13-15-36/h6-9,17-18H,3-5,10-16H2,1-2H3,(H,29,37)(H,30,38)(H,31,32)(H,33,34). The molecule has 4 N–H and O–H groups in total. The number of anilines is 1. The number of nitrogens with zero attached hydrogens (tertiary/aromatic N) is 4. The zero-order valence-electron chi connectivity index (χ0n) is 22.5. The number of rotatable bonds is 10. The number of fused-ring (bicyclic) bond motifs is 2. The molecule has 0 radical (unpaired) electrons. The van der Waals surface area contributed by atoms with Crippen LogP contribution in [0.4, 0.5) is 10.5 Å². The van der Waals surface area contributed by atoms with Gasteiger partial charge < -0.3 is 30.2 Å². The molecule has 0 bridgehead atoms. The van der Waals surface area contributed by atoms with E-state index in [1.54, 1.807) is 6.07 Å². The lowest BCUT2D eigenvalue weighted by Gasteiger charge is -2.34. The van der Waals surface area contributed by atoms with Gasteiger partial charge in [0.2, 0.25) is 0 Å². The molecule has 206 valence electrons. The van der Waals surface area contributed by atoms with Crippen LogP contribution in [0.5, 0.6) is 0 Å². The third-order valence-electron chi connectivity index (χ3n) is 7.02. The number of imidazole rings is 1. The van der Waals surface area contributed by atoms with E-state index in [1.165, 1.54) is 5.69 Å². The number of amides is 2. The minimum atomic E-state index is -0.422. The average Bonchev–Trinajstić information content (AvgIpc) is 3.56. The summed E-state index contributed by atoms with van der Waals surface area (Å²) >= 11 is 0. The average molecular weight is 533 g/mol. The van der Waals surface area contributed by atoms with E-state index in [2.05, 4.69) is 54.8 Å². The van der Waals surface area contributed by atoms with Crippen molar-refractivity contribution in [3.05, 3.63) is 42.0 Å². The van der Waals surface area contributed by atoms with Gasteiger partial charge in [0.25, 0.3) is 5.91 Å². The first-order valence-electron chi connectivity index (χ1n) is 13.6. The molecular formula is C28H36N8O3. The molecule has 0 atom stereocenters. The number of likely N-dealkylation sites (N-methyl/N-ethyl adjacent to an activating group) is 1. The van der Waals surface area contributed by atoms with Crippen LogP contribution in [0.3, 0.4) is 0 Å². The molecule has 39 heavy (non-hydrogen) atoms. The number of carbonyl (C=O) groups excluding carboxylic acids is 2. The Morgan fingerprint density at radius 2 is 1.82 bits per heavy atom. The first kappa shape index (κ1) is 26.5. The van der Waals surface area contributed by atoms with E-state index in [-0.39, 0.29) is 5.91 Å². The summed E-state index contributed by atoms with van der Waals surface area (Å²) in [5, 5.41) is 14.0. The lowest BCUT2D eigenvalue weighted by Crippen LogP contribution is -2.44. The Kier molecular flexibility index (Phi) is 8.26. The fourth-order valence-electron chi connectivity index (χ4n) is 4.65. The molecular weight excluding hydrogens is 496 g/mol. The molecule has 4 aromatic rings. The molecule has 0 spiro atoms. The summed E-state index contributed by atoms with van der Waals surface area (Å²) in [6.07, 6.45) is 2.00. The molecule has 0 aliphatic carbocycles. The van der Waals surface area contributed by atoms with Gasteiger partial charge in [0, 0.05) is 55.9 Å². The van der Waals surface area contributed by atoms with Crippen LogP contribution in [0.15, 0.2) is 36.4 Å². The van der Waals surface area contributed by atoms with Crippen LogP contribution in [0.25, 0.3) is 33.5 Å². The number of unbranched alkanes of at least 4 members (excludes halogenated alkanes) is 1. The normalized spacial score (nSPS) is 14.2. The first-order valence-corrected chi connectivity index (χ1v) is 13.6. The van der Waals surface area contributed by atoms with E-state index in [0.29, 0.717) is 43.2 Å². The number of H-pyrrole nitrogens is 2. The summed E-state index contributed by atoms with van der Waals surface area (Å²) in [5.74, 6) is 0.470. The van der Waals surface area contributed by atoms with Gasteiger partial charge in [-0.2, -0.15) is 5.10 Å². The van der Waals surface area contributed by atoms with Crippen molar-refractivity contribution in [2.75, 3.05) is 57.8 Å². The molecule has 0 saturated carbocycles. The van der Waals surface area contributed by atoms with Crippen LogP contribution in [0, 0.1) is 0 Å². The van der Waals surface area contributed by atoms with Crippen molar-refractivity contribution < 1.29 is 14.3 Å². The maximum Gasteiger partial charge on any atom is 0.407 e. The molecule has 1 aliphatic rings. The molecule has 11 heteroatoms. The smallest absolute Gasteiger partial charge is 0.407 e. The number of aromatic nitrogens is 4. The van der Waals surface area contributed by atoms with Crippen molar-refractivity contribution in [2.24, 2.45) is 0 Å². The number of carbonyl (C=O) groups is 2. The monoisotopic (exact) mass is 532 g/mol. The summed E-state index contributed by atoms with van der Waals surface area (Å²) in [6, 6.07) is 11.7. The van der Waals surface area contributed by atoms with Crippen molar-refractivity contribution in [3.63, 3.8) is 0 Å². The number of ether oxygens (including phenoxy) is 1. The Balaban J connectivity index is 1.23. The molecule has 0 unspecified atom stereocenters. The van der Waals surface area contributed by atoms with Gasteiger partial charge in [-0.15, -0.1) is 0 Å². The van der Waals surface area contributed by atoms with E-state index in [1.807, 2.05) is 25.1 Å². The van der Waals surface area contributed by atoms with E-state index < -0.39 is 6.09 Å². The molecule has 5 rings (SSSR count). The number of piperazine rings is 1. The molecule has 1 fully saturated rings. The van der Waals surface area contributed by atoms with E-state index >= 15 is 0 Å². The van der Waals surface area contributed by atoms with Crippen LogP contribution in [-0.2, 0) is 4.74 Å². The summed E-state index contributed by atoms with van der Waals surface area (Å²) < 4.78 is 5.06. The number of alkyl carbamates (subject to hydrolysis) is 1. The number of aromatic amines is 2. The molecule has 2 aromatic carbocycles. The third-order valence-corrected chi connectivity index (χ3v) is 7.02. The molecule has 3 heterocycles. The lowest BCUT2D eigenvalue weighted by atomic mass is 10.1. The van der Waals surface area contributed by atoms with Crippen molar-refractivity contribution in [3.8, 4) is 11.5 Å². The third kappa shape index (κ3) is 6.31. The molecule has 2 aromatic heterocycles. The zero-order chi connectivity index (χ0) is 27.2. The Hall–Kier alpha value is -4.12. The van der Waals surface area contributed by atoms with E-state index in [9.17, 15) is 9.59 Å². The van der Waals surface area contributed by atoms with E-state index in [4.69, 9.17) is 9.72 Å². The number of hydrogen-bond donors (Lipinski definition) is 4. The van der Waals surface area contributed by atoms with Crippen molar-refractivity contribution in [1.29, 1.82) is 0 Å². The first-order chi connectivity index (χ1) is 19.0. The SMILES string of the molecule is CCCCOC(=O)NCCCNC(=O)c1ccc2[nH]nc(-c3nc4ccc(N5CCN(C)CC5)cc4[nH]3)c2c1. The summed E-state index contributed by atoms with van der Waals surface area (Å²) in [6.45, 7) is 7.42. The maximum atomic E-state index is 12.8. The Morgan fingerprint density at radius 1 is 1.00 bits per heavy atom. The second kappa shape index (κ2) is 12.2. The Morgan fingerprint density at radius 3 is 2.64 bits per heavy atom. The highest BCUT2D eigenvalue weighted by Crippen LogP contribution is 2.29. The molecule has 1 aliphatic heterocycles. The predicted molar refractivity (Wildman–Crippen MR) is 152 cm³/mol. The molecule has 1 saturated heterocycles. The quantitative estimate of drug-likeness (QED) is 0.230. The largest absolute Gasteiger partial charge is 0.450 e. The highest BCUT2D eigenvalue weighted by atomic mass is 16.5. The highest BCUT2D eigenvalue weighted by Gasteiger charge is 2.18.